The van der Waals surface area contributed by atoms with Crippen molar-refractivity contribution < 1.29 is 4.74 Å². The van der Waals surface area contributed by atoms with Crippen LogP contribution in [0.2, 0.25) is 0 Å². The van der Waals surface area contributed by atoms with Crippen LogP contribution in [0.15, 0.2) is 42.0 Å². The van der Waals surface area contributed by atoms with Crippen molar-refractivity contribution >= 4 is 0 Å². The molecule has 3 saturated carbocycles. The van der Waals surface area contributed by atoms with E-state index in [1.807, 2.05) is 0 Å². The molecule has 0 bridgehead atoms. The first-order valence-corrected chi connectivity index (χ1v) is 15.4. The molecule has 1 nitrogen and oxygen atoms in total. The minimum absolute atomic E-state index is 0.410. The van der Waals surface area contributed by atoms with Gasteiger partial charge >= 0.3 is 0 Å². The van der Waals surface area contributed by atoms with Crippen molar-refractivity contribution in [1.29, 1.82) is 0 Å². The maximum Gasteiger partial charge on any atom is 0.0720 e. The average Bonchev–Trinajstić information content (AvgIpc) is 3.21. The molecule has 7 atom stereocenters. The van der Waals surface area contributed by atoms with Gasteiger partial charge in [-0.15, -0.1) is 0 Å². The van der Waals surface area contributed by atoms with Gasteiger partial charge in [-0.05, 0) is 97.9 Å². The van der Waals surface area contributed by atoms with Crippen LogP contribution >= 0.6 is 0 Å². The quantitative estimate of drug-likeness (QED) is 0.241. The fourth-order valence-electron chi connectivity index (χ4n) is 9.31. The smallest absolute Gasteiger partial charge is 0.0720 e. The van der Waals surface area contributed by atoms with Crippen LogP contribution in [0.5, 0.6) is 0 Å². The Balaban J connectivity index is 1.18. The second kappa shape index (κ2) is 11.1. The fourth-order valence-corrected chi connectivity index (χ4v) is 9.31. The van der Waals surface area contributed by atoms with E-state index in [-0.39, 0.29) is 0 Å². The van der Waals surface area contributed by atoms with Gasteiger partial charge < -0.3 is 4.74 Å². The summed E-state index contributed by atoms with van der Waals surface area (Å²) in [6, 6.07) is 10.7. The summed E-state index contributed by atoms with van der Waals surface area (Å²) < 4.78 is 6.43. The molecule has 3 fully saturated rings. The lowest BCUT2D eigenvalue weighted by Gasteiger charge is -2.58. The molecular formula is C34H52O. The average molecular weight is 477 g/mol. The molecule has 4 aliphatic carbocycles. The molecule has 0 radical (unpaired) electrons. The monoisotopic (exact) mass is 476 g/mol. The summed E-state index contributed by atoms with van der Waals surface area (Å²) in [6.07, 6.45) is 24.4. The van der Waals surface area contributed by atoms with Gasteiger partial charge in [0.2, 0.25) is 0 Å². The van der Waals surface area contributed by atoms with E-state index in [2.05, 4.69) is 57.2 Å². The van der Waals surface area contributed by atoms with Crippen LogP contribution in [0.1, 0.15) is 123 Å². The van der Waals surface area contributed by atoms with E-state index >= 15 is 0 Å². The highest BCUT2D eigenvalue weighted by molar-refractivity contribution is 5.25. The molecule has 0 amide bonds. The van der Waals surface area contributed by atoms with Gasteiger partial charge in [-0.2, -0.15) is 0 Å². The third kappa shape index (κ3) is 5.18. The Labute approximate surface area is 216 Å². The summed E-state index contributed by atoms with van der Waals surface area (Å²) >= 11 is 0. The number of fused-ring (bicyclic) bond motifs is 5. The molecule has 1 aromatic carbocycles. The largest absolute Gasteiger partial charge is 0.373 e. The SMILES string of the molecule is CCCCCCCC[C@H]1CC[C@H]2[C@@H]3CC=C4C[C@@H](OCc5ccccc5)CC[C@]4(C)[C@H]3CC[C@]12C. The van der Waals surface area contributed by atoms with E-state index in [0.29, 0.717) is 16.9 Å². The normalized spacial score (nSPS) is 38.4. The zero-order valence-corrected chi connectivity index (χ0v) is 23.1. The molecule has 0 N–H and O–H groups in total. The van der Waals surface area contributed by atoms with E-state index in [1.165, 1.54) is 102 Å². The predicted octanol–water partition coefficient (Wildman–Crippen LogP) is 9.90. The highest BCUT2D eigenvalue weighted by atomic mass is 16.5. The Bertz CT molecular complexity index is 841. The highest BCUT2D eigenvalue weighted by Gasteiger charge is 2.58. The number of ether oxygens (including phenoxy) is 1. The molecule has 0 spiro atoms. The minimum Gasteiger partial charge on any atom is -0.373 e. The van der Waals surface area contributed by atoms with Gasteiger partial charge in [0.25, 0.3) is 0 Å². The molecular weight excluding hydrogens is 424 g/mol. The third-order valence-electron chi connectivity index (χ3n) is 11.5. The van der Waals surface area contributed by atoms with Gasteiger partial charge in [-0.3, -0.25) is 0 Å². The van der Waals surface area contributed by atoms with E-state index in [4.69, 9.17) is 4.74 Å². The molecule has 0 aliphatic heterocycles. The van der Waals surface area contributed by atoms with Gasteiger partial charge in [0.05, 0.1) is 12.7 Å². The molecule has 5 rings (SSSR count). The molecule has 0 unspecified atom stereocenters. The van der Waals surface area contributed by atoms with Crippen molar-refractivity contribution in [3.8, 4) is 0 Å². The van der Waals surface area contributed by atoms with Gasteiger partial charge in [0, 0.05) is 0 Å². The first kappa shape index (κ1) is 25.6. The number of allylic oxidation sites excluding steroid dienone is 1. The Morgan fingerprint density at radius 3 is 2.49 bits per heavy atom. The number of unbranched alkanes of at least 4 members (excludes halogenated alkanes) is 5. The van der Waals surface area contributed by atoms with Crippen molar-refractivity contribution in [2.45, 2.75) is 130 Å². The van der Waals surface area contributed by atoms with Crippen molar-refractivity contribution in [3.63, 3.8) is 0 Å². The summed E-state index contributed by atoms with van der Waals surface area (Å²) in [5.74, 6) is 3.84. The number of benzene rings is 1. The lowest BCUT2D eigenvalue weighted by Crippen LogP contribution is -2.50. The van der Waals surface area contributed by atoms with Crippen LogP contribution in [0.3, 0.4) is 0 Å². The number of rotatable bonds is 10. The summed E-state index contributed by atoms with van der Waals surface area (Å²) in [5.41, 5.74) is 4.13. The Morgan fingerprint density at radius 1 is 0.857 bits per heavy atom. The summed E-state index contributed by atoms with van der Waals surface area (Å²) in [5, 5.41) is 0. The second-order valence-electron chi connectivity index (χ2n) is 13.3. The molecule has 0 heterocycles. The zero-order valence-electron chi connectivity index (χ0n) is 23.1. The van der Waals surface area contributed by atoms with E-state index in [0.717, 1.165) is 30.3 Å². The topological polar surface area (TPSA) is 9.23 Å². The molecule has 194 valence electrons. The van der Waals surface area contributed by atoms with Crippen molar-refractivity contribution in [1.82, 2.24) is 0 Å². The Hall–Kier alpha value is -1.08. The standard InChI is InChI=1S/C34H52O/c1-4-5-6-7-8-12-15-27-17-19-31-30-18-16-28-24-29(35-25-26-13-10-9-11-14-26)20-22-34(28,3)32(30)21-23-33(27,31)2/h9-11,13-14,16,27,29-32H,4-8,12,15,17-25H2,1-3H3/t27-,29-,30-,31-,32-,33+,34-/m0/s1. The summed E-state index contributed by atoms with van der Waals surface area (Å²) in [4.78, 5) is 0. The molecule has 35 heavy (non-hydrogen) atoms. The number of hydrogen-bond donors (Lipinski definition) is 0. The lowest BCUT2D eigenvalue weighted by atomic mass is 9.47. The van der Waals surface area contributed by atoms with Crippen LogP contribution in [0.4, 0.5) is 0 Å². The Kier molecular flexibility index (Phi) is 8.12. The third-order valence-corrected chi connectivity index (χ3v) is 11.5. The molecule has 0 saturated heterocycles. The van der Waals surface area contributed by atoms with E-state index in [1.54, 1.807) is 5.57 Å². The molecule has 4 aliphatic rings. The Morgan fingerprint density at radius 2 is 1.66 bits per heavy atom. The first-order valence-electron chi connectivity index (χ1n) is 15.4. The van der Waals surface area contributed by atoms with Gasteiger partial charge in [-0.1, -0.05) is 101 Å². The van der Waals surface area contributed by atoms with Gasteiger partial charge in [-0.25, -0.2) is 0 Å². The summed E-state index contributed by atoms with van der Waals surface area (Å²) in [7, 11) is 0. The molecule has 0 aromatic heterocycles. The van der Waals surface area contributed by atoms with Crippen molar-refractivity contribution in [2.75, 3.05) is 0 Å². The lowest BCUT2D eigenvalue weighted by molar-refractivity contribution is -0.0607. The van der Waals surface area contributed by atoms with Gasteiger partial charge in [0.1, 0.15) is 0 Å². The molecule has 1 heteroatoms. The van der Waals surface area contributed by atoms with Crippen LogP contribution in [-0.2, 0) is 11.3 Å². The predicted molar refractivity (Wildman–Crippen MR) is 148 cm³/mol. The van der Waals surface area contributed by atoms with Crippen molar-refractivity contribution in [2.24, 2.45) is 34.5 Å². The number of hydrogen-bond acceptors (Lipinski definition) is 1. The van der Waals surface area contributed by atoms with E-state index in [9.17, 15) is 0 Å². The van der Waals surface area contributed by atoms with Gasteiger partial charge in [0.15, 0.2) is 0 Å². The van der Waals surface area contributed by atoms with Crippen LogP contribution < -0.4 is 0 Å². The van der Waals surface area contributed by atoms with Crippen LogP contribution in [0.25, 0.3) is 0 Å². The minimum atomic E-state index is 0.410. The fraction of sp³-hybridized carbons (Fsp3) is 0.765. The second-order valence-corrected chi connectivity index (χ2v) is 13.3. The van der Waals surface area contributed by atoms with Crippen molar-refractivity contribution in [3.05, 3.63) is 47.5 Å². The maximum atomic E-state index is 6.43. The highest BCUT2D eigenvalue weighted by Crippen LogP contribution is 2.66. The van der Waals surface area contributed by atoms with Crippen LogP contribution in [0, 0.1) is 34.5 Å². The maximum absolute atomic E-state index is 6.43. The van der Waals surface area contributed by atoms with E-state index < -0.39 is 0 Å². The summed E-state index contributed by atoms with van der Waals surface area (Å²) in [6.45, 7) is 8.46. The molecule has 1 aromatic rings. The zero-order chi connectivity index (χ0) is 24.3. The van der Waals surface area contributed by atoms with Crippen LogP contribution in [-0.4, -0.2) is 6.10 Å². The first-order chi connectivity index (χ1) is 17.0.